The topological polar surface area (TPSA) is 110 Å². The molecule has 1 aromatic heterocycles. The highest BCUT2D eigenvalue weighted by molar-refractivity contribution is 8.03. The second kappa shape index (κ2) is 9.95. The summed E-state index contributed by atoms with van der Waals surface area (Å²) in [5.41, 5.74) is 1.16. The van der Waals surface area contributed by atoms with Crippen LogP contribution in [-0.4, -0.2) is 56.4 Å². The largest absolute Gasteiger partial charge is 0.497 e. The van der Waals surface area contributed by atoms with E-state index in [-0.39, 0.29) is 12.5 Å². The van der Waals surface area contributed by atoms with Crippen molar-refractivity contribution in [3.05, 3.63) is 35.5 Å². The number of morpholine rings is 1. The minimum absolute atomic E-state index is 0.267. The number of aromatic nitrogens is 2. The van der Waals surface area contributed by atoms with Crippen LogP contribution in [0.4, 0.5) is 5.82 Å². The van der Waals surface area contributed by atoms with Crippen LogP contribution in [0, 0.1) is 10.7 Å². The summed E-state index contributed by atoms with van der Waals surface area (Å²) in [6.07, 6.45) is 1.46. The highest BCUT2D eigenvalue weighted by atomic mass is 32.2. The van der Waals surface area contributed by atoms with Crippen LogP contribution < -0.4 is 19.7 Å². The van der Waals surface area contributed by atoms with Crippen LogP contribution in [0.3, 0.4) is 0 Å². The number of thiocyanates is 1. The van der Waals surface area contributed by atoms with Gasteiger partial charge in [-0.2, -0.15) is 5.26 Å². The summed E-state index contributed by atoms with van der Waals surface area (Å²) in [5.74, 6) is 1.48. The zero-order chi connectivity index (χ0) is 20.6. The summed E-state index contributed by atoms with van der Waals surface area (Å²) < 4.78 is 16.0. The predicted molar refractivity (Wildman–Crippen MR) is 107 cm³/mol. The first-order valence-electron chi connectivity index (χ1n) is 8.91. The number of anilines is 1. The van der Waals surface area contributed by atoms with E-state index in [0.29, 0.717) is 54.3 Å². The van der Waals surface area contributed by atoms with Crippen LogP contribution >= 0.6 is 11.8 Å². The summed E-state index contributed by atoms with van der Waals surface area (Å²) in [5, 5.41) is 14.0. The van der Waals surface area contributed by atoms with Crippen molar-refractivity contribution in [2.24, 2.45) is 0 Å². The van der Waals surface area contributed by atoms with Gasteiger partial charge in [-0.15, -0.1) is 0 Å². The van der Waals surface area contributed by atoms with Gasteiger partial charge in [0.1, 0.15) is 28.3 Å². The first kappa shape index (κ1) is 20.7. The Hall–Kier alpha value is -3.03. The van der Waals surface area contributed by atoms with Crippen molar-refractivity contribution in [1.82, 2.24) is 15.3 Å². The quantitative estimate of drug-likeness (QED) is 0.411. The first-order valence-corrected chi connectivity index (χ1v) is 9.72. The average Bonchev–Trinajstić information content (AvgIpc) is 2.78. The van der Waals surface area contributed by atoms with Crippen molar-refractivity contribution >= 4 is 23.5 Å². The fraction of sp³-hybridized carbons (Fsp3) is 0.368. The summed E-state index contributed by atoms with van der Waals surface area (Å²) in [6.45, 7) is 2.59. The van der Waals surface area contributed by atoms with Gasteiger partial charge in [0.15, 0.2) is 0 Å². The molecular weight excluding hydrogens is 394 g/mol. The standard InChI is InChI=1S/C19H21N5O4S/c1-26-14-4-3-13(16(9-14)27-2)10-21-18(25)15-11-22-19(29-12-20)23-17(15)24-5-7-28-8-6-24/h3-4,9,11H,5-8,10H2,1-2H3,(H,21,25). The fourth-order valence-corrected chi connectivity index (χ4v) is 3.21. The molecule has 1 saturated heterocycles. The second-order valence-corrected chi connectivity index (χ2v) is 6.79. The van der Waals surface area contributed by atoms with Gasteiger partial charge in [-0.05, 0) is 12.1 Å². The Kier molecular flexibility index (Phi) is 7.10. The summed E-state index contributed by atoms with van der Waals surface area (Å²) in [7, 11) is 3.15. The molecule has 1 fully saturated rings. The Morgan fingerprint density at radius 1 is 1.34 bits per heavy atom. The van der Waals surface area contributed by atoms with Crippen molar-refractivity contribution in [2.45, 2.75) is 11.7 Å². The van der Waals surface area contributed by atoms with Gasteiger partial charge >= 0.3 is 0 Å². The fourth-order valence-electron chi connectivity index (χ4n) is 2.89. The van der Waals surface area contributed by atoms with Crippen molar-refractivity contribution in [2.75, 3.05) is 45.4 Å². The molecule has 0 bridgehead atoms. The van der Waals surface area contributed by atoms with Crippen LogP contribution in [0.15, 0.2) is 29.6 Å². The Bertz CT molecular complexity index is 912. The Labute approximate surface area is 173 Å². The van der Waals surface area contributed by atoms with Gasteiger partial charge in [0.05, 0.1) is 27.4 Å². The third-order valence-electron chi connectivity index (χ3n) is 4.37. The molecule has 152 valence electrons. The van der Waals surface area contributed by atoms with Crippen molar-refractivity contribution < 1.29 is 19.0 Å². The molecular formula is C19H21N5O4S. The lowest BCUT2D eigenvalue weighted by molar-refractivity contribution is 0.0948. The van der Waals surface area contributed by atoms with E-state index in [1.54, 1.807) is 26.4 Å². The van der Waals surface area contributed by atoms with Crippen molar-refractivity contribution in [3.8, 4) is 16.9 Å². The van der Waals surface area contributed by atoms with Gasteiger partial charge < -0.3 is 24.4 Å². The monoisotopic (exact) mass is 415 g/mol. The molecule has 0 unspecified atom stereocenters. The lowest BCUT2D eigenvalue weighted by Crippen LogP contribution is -2.38. The lowest BCUT2D eigenvalue weighted by atomic mass is 10.1. The SMILES string of the molecule is COc1ccc(CNC(=O)c2cnc(SC#N)nc2N2CCOCC2)c(OC)c1. The maximum atomic E-state index is 12.9. The van der Waals surface area contributed by atoms with Crippen LogP contribution in [0.25, 0.3) is 0 Å². The number of benzene rings is 1. The Morgan fingerprint density at radius 3 is 2.83 bits per heavy atom. The zero-order valence-corrected chi connectivity index (χ0v) is 17.0. The van der Waals surface area contributed by atoms with Crippen LogP contribution in [0.5, 0.6) is 11.5 Å². The minimum Gasteiger partial charge on any atom is -0.497 e. The summed E-state index contributed by atoms with van der Waals surface area (Å²) in [6, 6.07) is 5.40. The molecule has 29 heavy (non-hydrogen) atoms. The molecule has 0 atom stereocenters. The highest BCUT2D eigenvalue weighted by Crippen LogP contribution is 2.25. The molecule has 1 N–H and O–H groups in total. The number of methoxy groups -OCH3 is 2. The third kappa shape index (κ3) is 5.07. The second-order valence-electron chi connectivity index (χ2n) is 6.04. The van der Waals surface area contributed by atoms with E-state index in [2.05, 4.69) is 15.3 Å². The van der Waals surface area contributed by atoms with Crippen molar-refractivity contribution in [1.29, 1.82) is 5.26 Å². The number of nitrogens with one attached hydrogen (secondary N) is 1. The van der Waals surface area contributed by atoms with Crippen LogP contribution in [-0.2, 0) is 11.3 Å². The highest BCUT2D eigenvalue weighted by Gasteiger charge is 2.22. The van der Waals surface area contributed by atoms with Gasteiger partial charge in [-0.3, -0.25) is 4.79 Å². The van der Waals surface area contributed by atoms with E-state index >= 15 is 0 Å². The zero-order valence-electron chi connectivity index (χ0n) is 16.2. The lowest BCUT2D eigenvalue weighted by Gasteiger charge is -2.29. The Balaban J connectivity index is 1.80. The molecule has 0 spiro atoms. The number of rotatable bonds is 7. The van der Waals surface area contributed by atoms with E-state index in [1.165, 1.54) is 6.20 Å². The number of ether oxygens (including phenoxy) is 3. The summed E-state index contributed by atoms with van der Waals surface area (Å²) in [4.78, 5) is 23.4. The molecule has 10 heteroatoms. The van der Waals surface area contributed by atoms with E-state index < -0.39 is 0 Å². The average molecular weight is 415 g/mol. The molecule has 3 rings (SSSR count). The molecule has 2 heterocycles. The molecule has 9 nitrogen and oxygen atoms in total. The molecule has 0 radical (unpaired) electrons. The normalized spacial score (nSPS) is 13.5. The molecule has 2 aromatic rings. The molecule has 0 aliphatic carbocycles. The molecule has 1 aromatic carbocycles. The van der Waals surface area contributed by atoms with Crippen molar-refractivity contribution in [3.63, 3.8) is 0 Å². The van der Waals surface area contributed by atoms with E-state index in [0.717, 1.165) is 17.3 Å². The molecule has 0 saturated carbocycles. The number of carbonyl (C=O) groups excluding carboxylic acids is 1. The number of hydrogen-bond donors (Lipinski definition) is 1. The molecule has 1 amide bonds. The number of hydrogen-bond acceptors (Lipinski definition) is 9. The van der Waals surface area contributed by atoms with E-state index in [9.17, 15) is 4.79 Å². The summed E-state index contributed by atoms with van der Waals surface area (Å²) >= 11 is 0.858. The smallest absolute Gasteiger partial charge is 0.256 e. The maximum Gasteiger partial charge on any atom is 0.256 e. The van der Waals surface area contributed by atoms with Gasteiger partial charge in [0, 0.05) is 49.2 Å². The molecule has 1 aliphatic heterocycles. The van der Waals surface area contributed by atoms with E-state index in [1.807, 2.05) is 16.4 Å². The number of nitriles is 1. The third-order valence-corrected chi connectivity index (χ3v) is 4.84. The van der Waals surface area contributed by atoms with Gasteiger partial charge in [-0.1, -0.05) is 0 Å². The molecule has 1 aliphatic rings. The van der Waals surface area contributed by atoms with E-state index in [4.69, 9.17) is 19.5 Å². The Morgan fingerprint density at radius 2 is 2.14 bits per heavy atom. The number of carbonyl (C=O) groups is 1. The predicted octanol–water partition coefficient (Wildman–Crippen LogP) is 1.83. The van der Waals surface area contributed by atoms with Crippen LogP contribution in [0.2, 0.25) is 0 Å². The number of thioether (sulfide) groups is 1. The number of amides is 1. The van der Waals surface area contributed by atoms with Gasteiger partial charge in [0.25, 0.3) is 5.91 Å². The number of nitrogens with zero attached hydrogens (tertiary/aromatic N) is 4. The van der Waals surface area contributed by atoms with Crippen LogP contribution in [0.1, 0.15) is 15.9 Å². The van der Waals surface area contributed by atoms with Gasteiger partial charge in [0.2, 0.25) is 5.16 Å². The minimum atomic E-state index is -0.308. The first-order chi connectivity index (χ1) is 14.2. The maximum absolute atomic E-state index is 12.9. The van der Waals surface area contributed by atoms with Gasteiger partial charge in [-0.25, -0.2) is 9.97 Å².